The third-order valence-electron chi connectivity index (χ3n) is 2.82. The molecule has 2 aromatic carbocycles. The molecule has 0 bridgehead atoms. The lowest BCUT2D eigenvalue weighted by atomic mass is 10.2. The first-order valence-electron chi connectivity index (χ1n) is 6.63. The summed E-state index contributed by atoms with van der Waals surface area (Å²) in [6.45, 7) is 2.58. The Morgan fingerprint density at radius 3 is 2.65 bits per heavy atom. The van der Waals surface area contributed by atoms with Crippen LogP contribution in [0.3, 0.4) is 0 Å². The summed E-state index contributed by atoms with van der Waals surface area (Å²) in [7, 11) is 0. The largest absolute Gasteiger partial charge is 0.491 e. The van der Waals surface area contributed by atoms with E-state index in [-0.39, 0.29) is 6.61 Å². The molecule has 0 aliphatic rings. The molecule has 0 spiro atoms. The fourth-order valence-corrected chi connectivity index (χ4v) is 1.78. The highest BCUT2D eigenvalue weighted by molar-refractivity contribution is 5.56. The fourth-order valence-electron chi connectivity index (χ4n) is 1.78. The predicted molar refractivity (Wildman–Crippen MR) is 79.1 cm³/mol. The molecule has 0 radical (unpaired) electrons. The van der Waals surface area contributed by atoms with Gasteiger partial charge in [-0.1, -0.05) is 25.1 Å². The smallest absolute Gasteiger partial charge is 0.145 e. The van der Waals surface area contributed by atoms with Gasteiger partial charge in [-0.3, -0.25) is 0 Å². The van der Waals surface area contributed by atoms with Gasteiger partial charge in [-0.25, -0.2) is 0 Å². The van der Waals surface area contributed by atoms with Gasteiger partial charge < -0.3 is 20.3 Å². The van der Waals surface area contributed by atoms with Gasteiger partial charge in [0.25, 0.3) is 0 Å². The topological polar surface area (TPSA) is 64.7 Å². The molecule has 20 heavy (non-hydrogen) atoms. The Morgan fingerprint density at radius 1 is 1.10 bits per heavy atom. The van der Waals surface area contributed by atoms with Gasteiger partial charge in [0, 0.05) is 11.6 Å². The van der Waals surface area contributed by atoms with E-state index in [1.807, 2.05) is 31.2 Å². The highest BCUT2D eigenvalue weighted by atomic mass is 16.5. The Bertz CT molecular complexity index is 569. The molecule has 0 saturated carbocycles. The van der Waals surface area contributed by atoms with E-state index in [1.165, 1.54) is 0 Å². The minimum absolute atomic E-state index is 0.0651. The Kier molecular flexibility index (Phi) is 4.85. The van der Waals surface area contributed by atoms with Crippen LogP contribution in [0.25, 0.3) is 0 Å². The summed E-state index contributed by atoms with van der Waals surface area (Å²) in [5, 5.41) is 9.29. The van der Waals surface area contributed by atoms with Crippen LogP contribution < -0.4 is 15.2 Å². The van der Waals surface area contributed by atoms with E-state index in [1.54, 1.807) is 18.2 Å². The van der Waals surface area contributed by atoms with Crippen LogP contribution in [-0.4, -0.2) is 11.7 Å². The minimum Gasteiger partial charge on any atom is -0.491 e. The highest BCUT2D eigenvalue weighted by Gasteiger charge is 2.06. The van der Waals surface area contributed by atoms with Crippen LogP contribution in [0, 0.1) is 0 Å². The van der Waals surface area contributed by atoms with Gasteiger partial charge in [-0.2, -0.15) is 0 Å². The van der Waals surface area contributed by atoms with Gasteiger partial charge in [-0.05, 0) is 24.6 Å². The average molecular weight is 273 g/mol. The van der Waals surface area contributed by atoms with Crippen molar-refractivity contribution in [2.75, 3.05) is 12.3 Å². The lowest BCUT2D eigenvalue weighted by molar-refractivity contribution is 0.276. The molecule has 2 aromatic rings. The quantitative estimate of drug-likeness (QED) is 0.792. The maximum atomic E-state index is 9.29. The number of aliphatic hydroxyl groups is 1. The number of para-hydroxylation sites is 1. The number of ether oxygens (including phenoxy) is 2. The molecule has 3 N–H and O–H groups in total. The van der Waals surface area contributed by atoms with E-state index in [0.717, 1.165) is 12.0 Å². The van der Waals surface area contributed by atoms with E-state index in [4.69, 9.17) is 15.2 Å². The van der Waals surface area contributed by atoms with Crippen LogP contribution in [0.15, 0.2) is 42.5 Å². The molecule has 0 fully saturated rings. The molecule has 4 heteroatoms. The van der Waals surface area contributed by atoms with Crippen molar-refractivity contribution in [1.82, 2.24) is 0 Å². The van der Waals surface area contributed by atoms with Gasteiger partial charge in [0.05, 0.1) is 18.9 Å². The summed E-state index contributed by atoms with van der Waals surface area (Å²) in [6.07, 6.45) is 0.915. The number of rotatable bonds is 6. The van der Waals surface area contributed by atoms with Crippen molar-refractivity contribution in [2.24, 2.45) is 0 Å². The summed E-state index contributed by atoms with van der Waals surface area (Å²) in [5.74, 6) is 1.87. The molecule has 0 aliphatic carbocycles. The first-order valence-corrected chi connectivity index (χ1v) is 6.63. The van der Waals surface area contributed by atoms with Crippen molar-refractivity contribution < 1.29 is 14.6 Å². The SMILES string of the molecule is CCCOc1cc(Oc2ccccc2CO)ccc1N. The van der Waals surface area contributed by atoms with Crippen LogP contribution in [0.5, 0.6) is 17.2 Å². The van der Waals surface area contributed by atoms with Crippen LogP contribution in [0.2, 0.25) is 0 Å². The molecule has 0 amide bonds. The number of nitrogens with two attached hydrogens (primary N) is 1. The molecule has 2 rings (SSSR count). The Balaban J connectivity index is 2.20. The van der Waals surface area contributed by atoms with Gasteiger partial charge in [0.2, 0.25) is 0 Å². The first-order chi connectivity index (χ1) is 9.74. The van der Waals surface area contributed by atoms with E-state index in [0.29, 0.717) is 29.5 Å². The second kappa shape index (κ2) is 6.82. The Labute approximate surface area is 118 Å². The van der Waals surface area contributed by atoms with Gasteiger partial charge in [-0.15, -0.1) is 0 Å². The van der Waals surface area contributed by atoms with Crippen molar-refractivity contribution in [3.63, 3.8) is 0 Å². The van der Waals surface area contributed by atoms with Crippen molar-refractivity contribution >= 4 is 5.69 Å². The number of nitrogen functional groups attached to an aromatic ring is 1. The zero-order valence-corrected chi connectivity index (χ0v) is 11.5. The molecule has 0 aromatic heterocycles. The molecule has 0 unspecified atom stereocenters. The van der Waals surface area contributed by atoms with Crippen LogP contribution in [0.4, 0.5) is 5.69 Å². The lowest BCUT2D eigenvalue weighted by Crippen LogP contribution is -1.99. The van der Waals surface area contributed by atoms with Gasteiger partial charge in [0.1, 0.15) is 17.2 Å². The van der Waals surface area contributed by atoms with Crippen molar-refractivity contribution in [2.45, 2.75) is 20.0 Å². The zero-order valence-electron chi connectivity index (χ0n) is 11.5. The summed E-state index contributed by atoms with van der Waals surface area (Å²) in [4.78, 5) is 0. The van der Waals surface area contributed by atoms with Crippen LogP contribution in [0.1, 0.15) is 18.9 Å². The number of aliphatic hydroxyl groups excluding tert-OH is 1. The fraction of sp³-hybridized carbons (Fsp3) is 0.250. The third kappa shape index (κ3) is 3.42. The molecule has 0 heterocycles. The summed E-state index contributed by atoms with van der Waals surface area (Å²) in [5.41, 5.74) is 7.18. The molecule has 0 saturated heterocycles. The highest BCUT2D eigenvalue weighted by Crippen LogP contribution is 2.31. The number of hydrogen-bond donors (Lipinski definition) is 2. The average Bonchev–Trinajstić information content (AvgIpc) is 2.48. The van der Waals surface area contributed by atoms with E-state index in [2.05, 4.69) is 0 Å². The lowest BCUT2D eigenvalue weighted by Gasteiger charge is -2.12. The van der Waals surface area contributed by atoms with Gasteiger partial charge >= 0.3 is 0 Å². The summed E-state index contributed by atoms with van der Waals surface area (Å²) >= 11 is 0. The second-order valence-electron chi connectivity index (χ2n) is 4.42. The van der Waals surface area contributed by atoms with Crippen LogP contribution >= 0.6 is 0 Å². The first kappa shape index (κ1) is 14.2. The Morgan fingerprint density at radius 2 is 1.90 bits per heavy atom. The number of hydrogen-bond acceptors (Lipinski definition) is 4. The van der Waals surface area contributed by atoms with E-state index < -0.39 is 0 Å². The second-order valence-corrected chi connectivity index (χ2v) is 4.42. The van der Waals surface area contributed by atoms with Gasteiger partial charge in [0.15, 0.2) is 0 Å². The minimum atomic E-state index is -0.0651. The molecule has 4 nitrogen and oxygen atoms in total. The summed E-state index contributed by atoms with van der Waals surface area (Å²) < 4.78 is 11.3. The standard InChI is InChI=1S/C16H19NO3/c1-2-9-19-16-10-13(7-8-14(16)17)20-15-6-4-3-5-12(15)11-18/h3-8,10,18H,2,9,11,17H2,1H3. The van der Waals surface area contributed by atoms with Crippen LogP contribution in [-0.2, 0) is 6.61 Å². The molecular weight excluding hydrogens is 254 g/mol. The normalized spacial score (nSPS) is 10.3. The summed E-state index contributed by atoms with van der Waals surface area (Å²) in [6, 6.07) is 12.6. The number of anilines is 1. The number of benzene rings is 2. The monoisotopic (exact) mass is 273 g/mol. The molecule has 0 aliphatic heterocycles. The van der Waals surface area contributed by atoms with E-state index >= 15 is 0 Å². The predicted octanol–water partition coefficient (Wildman–Crippen LogP) is 3.34. The zero-order chi connectivity index (χ0) is 14.4. The van der Waals surface area contributed by atoms with E-state index in [9.17, 15) is 5.11 Å². The molecular formula is C16H19NO3. The third-order valence-corrected chi connectivity index (χ3v) is 2.82. The Hall–Kier alpha value is -2.20. The molecule has 0 atom stereocenters. The van der Waals surface area contributed by atoms with Crippen molar-refractivity contribution in [3.05, 3.63) is 48.0 Å². The molecule has 106 valence electrons. The van der Waals surface area contributed by atoms with Crippen molar-refractivity contribution in [3.8, 4) is 17.2 Å². The maximum absolute atomic E-state index is 9.29. The van der Waals surface area contributed by atoms with Crippen molar-refractivity contribution in [1.29, 1.82) is 0 Å². The maximum Gasteiger partial charge on any atom is 0.145 e.